The maximum atomic E-state index is 13.2. The van der Waals surface area contributed by atoms with Crippen molar-refractivity contribution < 1.29 is 19.1 Å². The van der Waals surface area contributed by atoms with Gasteiger partial charge in [-0.1, -0.05) is 25.0 Å². The number of hydrogen-bond donors (Lipinski definition) is 0. The lowest BCUT2D eigenvalue weighted by atomic mass is 9.46. The summed E-state index contributed by atoms with van der Waals surface area (Å²) in [5.41, 5.74) is 2.26. The zero-order valence-electron chi connectivity index (χ0n) is 19.0. The first-order valence-corrected chi connectivity index (χ1v) is 11.9. The van der Waals surface area contributed by atoms with Crippen LogP contribution in [0.2, 0.25) is 0 Å². The number of fused-ring (bicyclic) bond motifs is 5. The van der Waals surface area contributed by atoms with Crippen molar-refractivity contribution in [3.05, 3.63) is 23.3 Å². The highest BCUT2D eigenvalue weighted by molar-refractivity contribution is 6.02. The highest BCUT2D eigenvalue weighted by atomic mass is 16.5. The van der Waals surface area contributed by atoms with Crippen LogP contribution in [0.1, 0.15) is 85.5 Å². The largest absolute Gasteiger partial charge is 0.463 e. The smallest absolute Gasteiger partial charge is 0.302 e. The van der Waals surface area contributed by atoms with Gasteiger partial charge in [0.15, 0.2) is 5.78 Å². The molecule has 30 heavy (non-hydrogen) atoms. The van der Waals surface area contributed by atoms with Crippen molar-refractivity contribution in [3.8, 4) is 0 Å². The van der Waals surface area contributed by atoms with E-state index in [1.165, 1.54) is 18.1 Å². The number of carbonyl (C=O) groups excluding carboxylic acids is 3. The van der Waals surface area contributed by atoms with E-state index in [0.717, 1.165) is 51.4 Å². The second-order valence-electron chi connectivity index (χ2n) is 10.4. The second kappa shape index (κ2) is 7.76. The van der Waals surface area contributed by atoms with Crippen LogP contribution in [-0.4, -0.2) is 23.6 Å². The fraction of sp³-hybridized carbons (Fsp3) is 0.731. The standard InChI is InChI=1S/C26H36O4/c1-5-20(30-17(3)27)10-12-26-13-11-22-21(23(26)8-9-24(26)29)7-6-18-15-19(28)14-16(2)25(18,22)4/h14-15,20-23H,5-13H2,1-4H3/t20?,21-,22+,23+,25+,26+/m1/s1. The lowest BCUT2D eigenvalue weighted by molar-refractivity contribution is -0.148. The summed E-state index contributed by atoms with van der Waals surface area (Å²) >= 11 is 0. The van der Waals surface area contributed by atoms with E-state index < -0.39 is 0 Å². The maximum Gasteiger partial charge on any atom is 0.302 e. The molecule has 6 atom stereocenters. The Bertz CT molecular complexity index is 821. The summed E-state index contributed by atoms with van der Waals surface area (Å²) < 4.78 is 5.49. The predicted molar refractivity (Wildman–Crippen MR) is 116 cm³/mol. The Morgan fingerprint density at radius 3 is 2.63 bits per heavy atom. The second-order valence-corrected chi connectivity index (χ2v) is 10.4. The molecule has 1 unspecified atom stereocenters. The number of rotatable bonds is 5. The first-order valence-electron chi connectivity index (χ1n) is 11.9. The van der Waals surface area contributed by atoms with Gasteiger partial charge in [0.1, 0.15) is 11.9 Å². The minimum Gasteiger partial charge on any atom is -0.463 e. The van der Waals surface area contributed by atoms with E-state index >= 15 is 0 Å². The van der Waals surface area contributed by atoms with Crippen LogP contribution in [-0.2, 0) is 19.1 Å². The van der Waals surface area contributed by atoms with Crippen LogP contribution in [0.5, 0.6) is 0 Å². The third-order valence-electron chi connectivity index (χ3n) is 9.23. The molecule has 3 fully saturated rings. The van der Waals surface area contributed by atoms with Crippen LogP contribution in [0.3, 0.4) is 0 Å². The number of allylic oxidation sites excluding steroid dienone is 4. The van der Waals surface area contributed by atoms with Gasteiger partial charge >= 0.3 is 5.97 Å². The van der Waals surface area contributed by atoms with Crippen molar-refractivity contribution in [3.63, 3.8) is 0 Å². The zero-order chi connectivity index (χ0) is 21.7. The quantitative estimate of drug-likeness (QED) is 0.571. The van der Waals surface area contributed by atoms with E-state index in [0.29, 0.717) is 30.0 Å². The van der Waals surface area contributed by atoms with Gasteiger partial charge in [-0.25, -0.2) is 0 Å². The zero-order valence-corrected chi connectivity index (χ0v) is 19.0. The molecule has 0 heterocycles. The van der Waals surface area contributed by atoms with E-state index in [1.54, 1.807) is 0 Å². The van der Waals surface area contributed by atoms with Crippen LogP contribution in [0.4, 0.5) is 0 Å². The van der Waals surface area contributed by atoms with Gasteiger partial charge in [-0.3, -0.25) is 14.4 Å². The normalized spacial score (nSPS) is 38.7. The molecule has 3 saturated carbocycles. The summed E-state index contributed by atoms with van der Waals surface area (Å²) in [5.74, 6) is 1.84. The molecule has 0 aromatic heterocycles. The third-order valence-corrected chi connectivity index (χ3v) is 9.23. The van der Waals surface area contributed by atoms with Crippen LogP contribution in [0.25, 0.3) is 0 Å². The fourth-order valence-corrected chi connectivity index (χ4v) is 7.61. The molecule has 164 valence electrons. The average Bonchev–Trinajstić information content (AvgIpc) is 3.03. The van der Waals surface area contributed by atoms with E-state index in [4.69, 9.17) is 4.74 Å². The van der Waals surface area contributed by atoms with Gasteiger partial charge in [-0.2, -0.15) is 0 Å². The fourth-order valence-electron chi connectivity index (χ4n) is 7.61. The van der Waals surface area contributed by atoms with E-state index in [2.05, 4.69) is 13.8 Å². The molecule has 0 spiro atoms. The number of esters is 1. The maximum absolute atomic E-state index is 13.2. The third kappa shape index (κ3) is 3.22. The number of hydrogen-bond acceptors (Lipinski definition) is 4. The first kappa shape index (κ1) is 21.5. The Labute approximate surface area is 180 Å². The highest BCUT2D eigenvalue weighted by Gasteiger charge is 2.60. The number of carbonyl (C=O) groups is 3. The lowest BCUT2D eigenvalue weighted by Gasteiger charge is -2.57. The van der Waals surface area contributed by atoms with Crippen LogP contribution < -0.4 is 0 Å². The van der Waals surface area contributed by atoms with E-state index in [9.17, 15) is 14.4 Å². The topological polar surface area (TPSA) is 60.4 Å². The van der Waals surface area contributed by atoms with E-state index in [1.807, 2.05) is 19.1 Å². The van der Waals surface area contributed by atoms with Gasteiger partial charge in [0.25, 0.3) is 0 Å². The molecule has 4 heteroatoms. The molecule has 0 saturated heterocycles. The molecule has 0 bridgehead atoms. The molecular weight excluding hydrogens is 376 g/mol. The van der Waals surface area contributed by atoms with Crippen LogP contribution in [0.15, 0.2) is 23.3 Å². The van der Waals surface area contributed by atoms with Crippen molar-refractivity contribution in [1.29, 1.82) is 0 Å². The molecular formula is C26H36O4. The molecule has 0 radical (unpaired) electrons. The molecule has 0 aromatic carbocycles. The van der Waals surface area contributed by atoms with Crippen LogP contribution in [0, 0.1) is 28.6 Å². The Hall–Kier alpha value is -1.71. The molecule has 0 N–H and O–H groups in total. The summed E-state index contributed by atoms with van der Waals surface area (Å²) in [5, 5.41) is 0. The Kier molecular flexibility index (Phi) is 5.57. The van der Waals surface area contributed by atoms with Crippen molar-refractivity contribution in [2.45, 2.75) is 91.6 Å². The van der Waals surface area contributed by atoms with Gasteiger partial charge in [0.2, 0.25) is 0 Å². The van der Waals surface area contributed by atoms with Crippen molar-refractivity contribution in [2.24, 2.45) is 28.6 Å². The molecule has 4 aliphatic carbocycles. The lowest BCUT2D eigenvalue weighted by Crippen LogP contribution is -2.51. The minimum atomic E-state index is -0.231. The summed E-state index contributed by atoms with van der Waals surface area (Å²) in [7, 11) is 0. The Balaban J connectivity index is 1.59. The molecule has 4 rings (SSSR count). The van der Waals surface area contributed by atoms with Crippen LogP contribution >= 0.6 is 0 Å². The Morgan fingerprint density at radius 1 is 1.17 bits per heavy atom. The van der Waals surface area contributed by atoms with Crippen molar-refractivity contribution >= 4 is 17.5 Å². The summed E-state index contributed by atoms with van der Waals surface area (Å²) in [6.45, 7) is 7.98. The van der Waals surface area contributed by atoms with Gasteiger partial charge in [0, 0.05) is 24.2 Å². The summed E-state index contributed by atoms with van der Waals surface area (Å²) in [6, 6.07) is 0. The Morgan fingerprint density at radius 2 is 1.93 bits per heavy atom. The van der Waals surface area contributed by atoms with Gasteiger partial charge < -0.3 is 4.74 Å². The van der Waals surface area contributed by atoms with Crippen molar-refractivity contribution in [2.75, 3.05) is 0 Å². The summed E-state index contributed by atoms with van der Waals surface area (Å²) in [4.78, 5) is 36.8. The van der Waals surface area contributed by atoms with Gasteiger partial charge in [-0.05, 0) is 88.2 Å². The monoisotopic (exact) mass is 412 g/mol. The van der Waals surface area contributed by atoms with Gasteiger partial charge in [-0.15, -0.1) is 0 Å². The number of ether oxygens (including phenoxy) is 1. The first-order chi connectivity index (χ1) is 14.2. The van der Waals surface area contributed by atoms with E-state index in [-0.39, 0.29) is 28.7 Å². The van der Waals surface area contributed by atoms with Crippen molar-refractivity contribution in [1.82, 2.24) is 0 Å². The molecule has 4 nitrogen and oxygen atoms in total. The predicted octanol–water partition coefficient (Wildman–Crippen LogP) is 5.36. The highest BCUT2D eigenvalue weighted by Crippen LogP contribution is 2.66. The SMILES string of the molecule is CCC(CC[C@]12CC[C@H]3[C@@H](CCC4=CC(=O)C=C(C)[C@@]43C)[C@@H]1CCC2=O)OC(C)=O. The molecule has 0 amide bonds. The number of ketones is 2. The van der Waals surface area contributed by atoms with Gasteiger partial charge in [0.05, 0.1) is 0 Å². The molecule has 0 aliphatic heterocycles. The molecule has 0 aromatic rings. The minimum absolute atomic E-state index is 0.0294. The number of Topliss-reactive ketones (excluding diaryl/α,β-unsaturated/α-hetero) is 1. The average molecular weight is 413 g/mol. The molecule has 4 aliphatic rings. The summed E-state index contributed by atoms with van der Waals surface area (Å²) in [6.07, 6.45) is 11.8.